The largest absolute Gasteiger partial charge is 0.478 e. The third-order valence-electron chi connectivity index (χ3n) is 4.16. The molecule has 1 aliphatic rings. The number of carboxylic acids is 1. The van der Waals surface area contributed by atoms with Crippen molar-refractivity contribution >= 4 is 17.3 Å². The predicted molar refractivity (Wildman–Crippen MR) is 94.9 cm³/mol. The fourth-order valence-corrected chi connectivity index (χ4v) is 2.92. The molecular formula is C19H22N2O3. The van der Waals surface area contributed by atoms with E-state index in [1.807, 2.05) is 18.2 Å². The maximum absolute atomic E-state index is 11.6. The number of nitrogens with one attached hydrogen (secondary N) is 1. The highest BCUT2D eigenvalue weighted by Gasteiger charge is 2.18. The van der Waals surface area contributed by atoms with E-state index in [1.165, 1.54) is 11.1 Å². The summed E-state index contributed by atoms with van der Waals surface area (Å²) in [7, 11) is 0. The van der Waals surface area contributed by atoms with E-state index >= 15 is 0 Å². The second-order valence-electron chi connectivity index (χ2n) is 5.98. The van der Waals surface area contributed by atoms with Gasteiger partial charge < -0.3 is 20.1 Å². The van der Waals surface area contributed by atoms with E-state index in [1.54, 1.807) is 6.07 Å². The topological polar surface area (TPSA) is 61.8 Å². The van der Waals surface area contributed by atoms with E-state index in [9.17, 15) is 9.90 Å². The van der Waals surface area contributed by atoms with Crippen molar-refractivity contribution in [2.75, 3.05) is 36.5 Å². The van der Waals surface area contributed by atoms with Gasteiger partial charge in [0.1, 0.15) is 0 Å². The summed E-state index contributed by atoms with van der Waals surface area (Å²) in [5, 5.41) is 12.9. The van der Waals surface area contributed by atoms with Crippen molar-refractivity contribution in [3.05, 3.63) is 59.2 Å². The molecule has 0 aromatic heterocycles. The van der Waals surface area contributed by atoms with Gasteiger partial charge in [0.15, 0.2) is 0 Å². The molecule has 0 radical (unpaired) electrons. The highest BCUT2D eigenvalue weighted by molar-refractivity contribution is 5.95. The Labute approximate surface area is 141 Å². The van der Waals surface area contributed by atoms with Gasteiger partial charge in [0.05, 0.1) is 24.5 Å². The molecule has 1 fully saturated rings. The van der Waals surface area contributed by atoms with Gasteiger partial charge in [-0.25, -0.2) is 4.79 Å². The Hall–Kier alpha value is -2.53. The zero-order valence-electron chi connectivity index (χ0n) is 13.8. The lowest BCUT2D eigenvalue weighted by Crippen LogP contribution is -2.37. The van der Waals surface area contributed by atoms with Crippen LogP contribution in [0.1, 0.15) is 21.5 Å². The first kappa shape index (κ1) is 16.3. The summed E-state index contributed by atoms with van der Waals surface area (Å²) in [6, 6.07) is 13.8. The number of benzene rings is 2. The van der Waals surface area contributed by atoms with Crippen molar-refractivity contribution in [3.8, 4) is 0 Å². The molecule has 5 heteroatoms. The molecule has 1 aliphatic heterocycles. The molecule has 1 heterocycles. The molecule has 2 aromatic carbocycles. The van der Waals surface area contributed by atoms with E-state index in [0.29, 0.717) is 25.3 Å². The first-order valence-electron chi connectivity index (χ1n) is 8.13. The van der Waals surface area contributed by atoms with E-state index in [0.717, 1.165) is 24.5 Å². The van der Waals surface area contributed by atoms with Gasteiger partial charge in [-0.3, -0.25) is 0 Å². The molecule has 0 unspecified atom stereocenters. The molecule has 5 nitrogen and oxygen atoms in total. The van der Waals surface area contributed by atoms with Crippen LogP contribution in [0.2, 0.25) is 0 Å². The van der Waals surface area contributed by atoms with Crippen LogP contribution in [-0.2, 0) is 11.3 Å². The van der Waals surface area contributed by atoms with Crippen LogP contribution in [-0.4, -0.2) is 37.4 Å². The van der Waals surface area contributed by atoms with Crippen LogP contribution in [0.3, 0.4) is 0 Å². The zero-order chi connectivity index (χ0) is 16.9. The smallest absolute Gasteiger partial charge is 0.337 e. The fourth-order valence-electron chi connectivity index (χ4n) is 2.92. The Bertz CT molecular complexity index is 724. The molecule has 0 amide bonds. The number of ether oxygens (including phenoxy) is 1. The maximum atomic E-state index is 11.6. The molecule has 24 heavy (non-hydrogen) atoms. The first-order valence-corrected chi connectivity index (χ1v) is 8.13. The van der Waals surface area contributed by atoms with Crippen molar-refractivity contribution in [3.63, 3.8) is 0 Å². The molecule has 0 bridgehead atoms. The number of anilines is 2. The molecule has 3 rings (SSSR count). The lowest BCUT2D eigenvalue weighted by molar-refractivity contribution is 0.0696. The highest BCUT2D eigenvalue weighted by Crippen LogP contribution is 2.25. The second kappa shape index (κ2) is 7.36. The minimum absolute atomic E-state index is 0.325. The summed E-state index contributed by atoms with van der Waals surface area (Å²) in [6.07, 6.45) is 0. The van der Waals surface area contributed by atoms with Crippen LogP contribution in [0.5, 0.6) is 0 Å². The summed E-state index contributed by atoms with van der Waals surface area (Å²) in [4.78, 5) is 13.7. The molecule has 0 atom stereocenters. The molecule has 126 valence electrons. The van der Waals surface area contributed by atoms with E-state index in [2.05, 4.69) is 35.3 Å². The third-order valence-corrected chi connectivity index (χ3v) is 4.16. The van der Waals surface area contributed by atoms with Crippen LogP contribution >= 0.6 is 0 Å². The van der Waals surface area contributed by atoms with Crippen molar-refractivity contribution in [2.24, 2.45) is 0 Å². The lowest BCUT2D eigenvalue weighted by atomic mass is 10.1. The number of hydrogen-bond donors (Lipinski definition) is 2. The summed E-state index contributed by atoms with van der Waals surface area (Å²) in [6.45, 7) is 5.42. The standard InChI is InChI=1S/C19H22N2O3/c1-14-3-2-4-15(11-14)13-20-16-5-6-18(17(12-16)19(22)23)21-7-9-24-10-8-21/h2-6,11-12,20H,7-10,13H2,1H3,(H,22,23). The zero-order valence-corrected chi connectivity index (χ0v) is 13.8. The van der Waals surface area contributed by atoms with Crippen LogP contribution in [0.15, 0.2) is 42.5 Å². The molecule has 0 spiro atoms. The summed E-state index contributed by atoms with van der Waals surface area (Å²) >= 11 is 0. The van der Waals surface area contributed by atoms with Gasteiger partial charge in [0.2, 0.25) is 0 Å². The normalized spacial score (nSPS) is 14.5. The van der Waals surface area contributed by atoms with Crippen LogP contribution in [0.4, 0.5) is 11.4 Å². The van der Waals surface area contributed by atoms with Gasteiger partial charge in [-0.2, -0.15) is 0 Å². The molecule has 2 N–H and O–H groups in total. The van der Waals surface area contributed by atoms with E-state index in [-0.39, 0.29) is 0 Å². The quantitative estimate of drug-likeness (QED) is 0.884. The molecule has 0 aliphatic carbocycles. The van der Waals surface area contributed by atoms with Crippen LogP contribution in [0, 0.1) is 6.92 Å². The Morgan fingerprint density at radius 3 is 2.71 bits per heavy atom. The molecule has 2 aromatic rings. The fraction of sp³-hybridized carbons (Fsp3) is 0.316. The van der Waals surface area contributed by atoms with E-state index in [4.69, 9.17) is 4.74 Å². The minimum atomic E-state index is -0.907. The molecular weight excluding hydrogens is 304 g/mol. The Morgan fingerprint density at radius 2 is 2.00 bits per heavy atom. The van der Waals surface area contributed by atoms with Gasteiger partial charge in [0, 0.05) is 25.3 Å². The van der Waals surface area contributed by atoms with Gasteiger partial charge in [0.25, 0.3) is 0 Å². The maximum Gasteiger partial charge on any atom is 0.337 e. The SMILES string of the molecule is Cc1cccc(CNc2ccc(N3CCOCC3)c(C(=O)O)c2)c1. The third kappa shape index (κ3) is 3.86. The van der Waals surface area contributed by atoms with E-state index < -0.39 is 5.97 Å². The summed E-state index contributed by atoms with van der Waals surface area (Å²) in [5.74, 6) is -0.907. The van der Waals surface area contributed by atoms with Gasteiger partial charge in [-0.1, -0.05) is 29.8 Å². The number of nitrogens with zero attached hydrogens (tertiary/aromatic N) is 1. The van der Waals surface area contributed by atoms with Gasteiger partial charge in [-0.15, -0.1) is 0 Å². The van der Waals surface area contributed by atoms with Gasteiger partial charge in [-0.05, 0) is 30.7 Å². The molecule has 0 saturated carbocycles. The number of morpholine rings is 1. The van der Waals surface area contributed by atoms with Crippen molar-refractivity contribution in [1.82, 2.24) is 0 Å². The Kier molecular flexibility index (Phi) is 5.01. The average molecular weight is 326 g/mol. The van der Waals surface area contributed by atoms with Crippen molar-refractivity contribution in [2.45, 2.75) is 13.5 Å². The number of rotatable bonds is 5. The first-order chi connectivity index (χ1) is 11.6. The number of carbonyl (C=O) groups is 1. The summed E-state index contributed by atoms with van der Waals surface area (Å²) < 4.78 is 5.34. The lowest BCUT2D eigenvalue weighted by Gasteiger charge is -2.30. The monoisotopic (exact) mass is 326 g/mol. The Balaban J connectivity index is 1.77. The number of aryl methyl sites for hydroxylation is 1. The van der Waals surface area contributed by atoms with Gasteiger partial charge >= 0.3 is 5.97 Å². The highest BCUT2D eigenvalue weighted by atomic mass is 16.5. The molecule has 1 saturated heterocycles. The minimum Gasteiger partial charge on any atom is -0.478 e. The Morgan fingerprint density at radius 1 is 1.21 bits per heavy atom. The average Bonchev–Trinajstić information content (AvgIpc) is 2.60. The number of hydrogen-bond acceptors (Lipinski definition) is 4. The van der Waals surface area contributed by atoms with Crippen LogP contribution in [0.25, 0.3) is 0 Å². The number of aromatic carboxylic acids is 1. The van der Waals surface area contributed by atoms with Crippen molar-refractivity contribution in [1.29, 1.82) is 0 Å². The number of carboxylic acid groups (broad SMARTS) is 1. The summed E-state index contributed by atoms with van der Waals surface area (Å²) in [5.41, 5.74) is 4.27. The van der Waals surface area contributed by atoms with Crippen molar-refractivity contribution < 1.29 is 14.6 Å². The van der Waals surface area contributed by atoms with Crippen LogP contribution < -0.4 is 10.2 Å². The second-order valence-corrected chi connectivity index (χ2v) is 5.98. The predicted octanol–water partition coefficient (Wildman–Crippen LogP) is 3.14.